The topological polar surface area (TPSA) is 254 Å². The van der Waals surface area contributed by atoms with Crippen LogP contribution in [0.2, 0.25) is 0 Å². The van der Waals surface area contributed by atoms with E-state index in [9.17, 15) is 49.8 Å². The van der Waals surface area contributed by atoms with Crippen LogP contribution in [0.15, 0.2) is 0 Å². The van der Waals surface area contributed by atoms with Crippen molar-refractivity contribution in [2.24, 2.45) is 0 Å². The molecule has 0 aromatic carbocycles. The summed E-state index contributed by atoms with van der Waals surface area (Å²) in [4.78, 5) is 47.0. The number of carbonyl (C=O) groups is 4. The molecular formula is C22H34O17. The lowest BCUT2D eigenvalue weighted by Gasteiger charge is -2.48. The minimum Gasteiger partial charge on any atom is -0.462 e. The van der Waals surface area contributed by atoms with Gasteiger partial charge in [0.25, 0.3) is 0 Å². The zero-order valence-corrected chi connectivity index (χ0v) is 21.5. The van der Waals surface area contributed by atoms with Gasteiger partial charge in [0.05, 0.1) is 6.61 Å². The highest BCUT2D eigenvalue weighted by Crippen LogP contribution is 2.34. The maximum Gasteiger partial charge on any atom is 0.303 e. The second-order valence-corrected chi connectivity index (χ2v) is 8.88. The summed E-state index contributed by atoms with van der Waals surface area (Å²) in [6.45, 7) is 2.45. The molecule has 2 fully saturated rings. The molecule has 2 aliphatic rings. The minimum atomic E-state index is -2.01. The normalized spacial score (nSPS) is 36.3. The van der Waals surface area contributed by atoms with Crippen molar-refractivity contribution in [1.82, 2.24) is 0 Å². The smallest absolute Gasteiger partial charge is 0.303 e. The van der Waals surface area contributed by atoms with E-state index in [-0.39, 0.29) is 0 Å². The van der Waals surface area contributed by atoms with Crippen molar-refractivity contribution in [1.29, 1.82) is 0 Å². The molecule has 2 rings (SSSR count). The molecule has 224 valence electrons. The van der Waals surface area contributed by atoms with Gasteiger partial charge < -0.3 is 63.8 Å². The maximum absolute atomic E-state index is 12.0. The molecule has 17 nitrogen and oxygen atoms in total. The maximum atomic E-state index is 12.0. The summed E-state index contributed by atoms with van der Waals surface area (Å²) in [5.74, 6) is -3.59. The quantitative estimate of drug-likeness (QED) is 0.107. The van der Waals surface area contributed by atoms with Gasteiger partial charge in [-0.15, -0.1) is 0 Å². The molecule has 0 amide bonds. The number of esters is 4. The number of hydrogen-bond acceptors (Lipinski definition) is 17. The molecule has 0 saturated carbocycles. The zero-order valence-electron chi connectivity index (χ0n) is 21.5. The Morgan fingerprint density at radius 1 is 0.744 bits per heavy atom. The van der Waals surface area contributed by atoms with Gasteiger partial charge >= 0.3 is 23.9 Å². The van der Waals surface area contributed by atoms with E-state index in [0.29, 0.717) is 0 Å². The molecule has 39 heavy (non-hydrogen) atoms. The van der Waals surface area contributed by atoms with Gasteiger partial charge in [-0.2, -0.15) is 0 Å². The summed E-state index contributed by atoms with van der Waals surface area (Å²) in [5, 5.41) is 61.0. The van der Waals surface area contributed by atoms with Crippen LogP contribution < -0.4 is 0 Å². The highest BCUT2D eigenvalue weighted by Gasteiger charge is 2.56. The summed E-state index contributed by atoms with van der Waals surface area (Å²) in [6.07, 6.45) is -21.7. The third-order valence-corrected chi connectivity index (χ3v) is 5.75. The molecule has 2 heterocycles. The number of ether oxygens (including phenoxy) is 7. The van der Waals surface area contributed by atoms with Gasteiger partial charge in [0.2, 0.25) is 0 Å². The Bertz CT molecular complexity index is 866. The highest BCUT2D eigenvalue weighted by atomic mass is 16.7. The van der Waals surface area contributed by atoms with Crippen molar-refractivity contribution in [2.45, 2.75) is 101 Å². The van der Waals surface area contributed by atoms with Crippen LogP contribution in [-0.4, -0.2) is 141 Å². The fourth-order valence-corrected chi connectivity index (χ4v) is 4.12. The van der Waals surface area contributed by atoms with Crippen molar-refractivity contribution < 1.29 is 83.0 Å². The van der Waals surface area contributed by atoms with Crippen LogP contribution in [-0.2, 0) is 52.3 Å². The van der Waals surface area contributed by atoms with Crippen molar-refractivity contribution in [3.63, 3.8) is 0 Å². The molecule has 0 aliphatic carbocycles. The van der Waals surface area contributed by atoms with Crippen molar-refractivity contribution >= 4 is 23.9 Å². The lowest BCUT2D eigenvalue weighted by atomic mass is 9.93. The molecule has 6 N–H and O–H groups in total. The first kappa shape index (κ1) is 32.7. The van der Waals surface area contributed by atoms with Gasteiger partial charge in [0.15, 0.2) is 30.9 Å². The first-order chi connectivity index (χ1) is 18.2. The Morgan fingerprint density at radius 3 is 1.85 bits per heavy atom. The third-order valence-electron chi connectivity index (χ3n) is 5.75. The number of aliphatic hydroxyl groups is 6. The molecule has 0 bridgehead atoms. The molecule has 0 aromatic heterocycles. The van der Waals surface area contributed by atoms with Crippen LogP contribution in [0.4, 0.5) is 0 Å². The average molecular weight is 570 g/mol. The predicted octanol–water partition coefficient (Wildman–Crippen LogP) is -4.39. The van der Waals surface area contributed by atoms with Crippen LogP contribution in [0.5, 0.6) is 0 Å². The van der Waals surface area contributed by atoms with E-state index >= 15 is 0 Å². The van der Waals surface area contributed by atoms with Gasteiger partial charge in [0.1, 0.15) is 49.3 Å². The molecule has 12 atom stereocenters. The molecule has 2 saturated heterocycles. The Labute approximate surface area is 222 Å². The largest absolute Gasteiger partial charge is 0.462 e. The van der Waals surface area contributed by atoms with E-state index in [1.54, 1.807) is 0 Å². The van der Waals surface area contributed by atoms with Gasteiger partial charge in [-0.3, -0.25) is 19.2 Å². The van der Waals surface area contributed by atoms with Gasteiger partial charge in [-0.1, -0.05) is 0 Å². The number of aliphatic hydroxyl groups excluding tert-OH is 6. The van der Waals surface area contributed by atoms with Crippen molar-refractivity contribution in [3.05, 3.63) is 0 Å². The van der Waals surface area contributed by atoms with E-state index in [1.807, 2.05) is 0 Å². The fraction of sp³-hybridized carbons (Fsp3) is 0.818. The Hall–Kier alpha value is -2.48. The Balaban J connectivity index is 2.56. The predicted molar refractivity (Wildman–Crippen MR) is 119 cm³/mol. The standard InChI is InChI=1S/C22H34O17/c1-7(24)33-6-12(34-8(2)25)17-18(19(35-9(3)26)20(21(32)37-17)36-10(4)27)39-22-15(31)13(29)14(30)16(38-22)11(28)5-23/h11-23,28-32H,5-6H2,1-4H3/t11-,12-,13-,14-,15-,16+,17+,18+,19-,20-,21-,22+/m0/s1. The van der Waals surface area contributed by atoms with E-state index in [2.05, 4.69) is 0 Å². The lowest BCUT2D eigenvalue weighted by Crippen LogP contribution is -2.68. The first-order valence-corrected chi connectivity index (χ1v) is 11.8. The Kier molecular flexibility index (Phi) is 12.0. The second kappa shape index (κ2) is 14.2. The summed E-state index contributed by atoms with van der Waals surface area (Å²) in [6, 6.07) is 0. The molecule has 0 aromatic rings. The third kappa shape index (κ3) is 8.50. The molecule has 0 radical (unpaired) electrons. The van der Waals surface area contributed by atoms with E-state index < -0.39 is 111 Å². The summed E-state index contributed by atoms with van der Waals surface area (Å²) < 4.78 is 37.0. The summed E-state index contributed by atoms with van der Waals surface area (Å²) >= 11 is 0. The fourth-order valence-electron chi connectivity index (χ4n) is 4.12. The van der Waals surface area contributed by atoms with Crippen LogP contribution in [0, 0.1) is 0 Å². The number of carbonyl (C=O) groups excluding carboxylic acids is 4. The number of rotatable bonds is 10. The molecular weight excluding hydrogens is 536 g/mol. The van der Waals surface area contributed by atoms with Crippen LogP contribution >= 0.6 is 0 Å². The van der Waals surface area contributed by atoms with Gasteiger partial charge in [0, 0.05) is 27.7 Å². The van der Waals surface area contributed by atoms with Crippen LogP contribution in [0.1, 0.15) is 27.7 Å². The van der Waals surface area contributed by atoms with E-state index in [4.69, 9.17) is 33.2 Å². The summed E-state index contributed by atoms with van der Waals surface area (Å²) in [7, 11) is 0. The summed E-state index contributed by atoms with van der Waals surface area (Å²) in [5.41, 5.74) is 0. The zero-order chi connectivity index (χ0) is 29.6. The van der Waals surface area contributed by atoms with E-state index in [0.717, 1.165) is 27.7 Å². The van der Waals surface area contributed by atoms with Gasteiger partial charge in [-0.05, 0) is 0 Å². The van der Waals surface area contributed by atoms with Crippen molar-refractivity contribution in [2.75, 3.05) is 13.2 Å². The first-order valence-electron chi connectivity index (χ1n) is 11.8. The second-order valence-electron chi connectivity index (χ2n) is 8.88. The molecule has 17 heteroatoms. The van der Waals surface area contributed by atoms with Gasteiger partial charge in [-0.25, -0.2) is 0 Å². The van der Waals surface area contributed by atoms with Crippen LogP contribution in [0.25, 0.3) is 0 Å². The molecule has 0 unspecified atom stereocenters. The Morgan fingerprint density at radius 2 is 1.33 bits per heavy atom. The SMILES string of the molecule is CC(=O)OC[C@H](OC(C)=O)[C@H]1O[C@H](O)[C@@H](OC(C)=O)[C@@H](OC(C)=O)[C@@H]1O[C@H]1O[C@H]([C@@H](O)CO)[C@@H](O)[C@H](O)[C@@H]1O. The number of hydrogen-bond donors (Lipinski definition) is 6. The van der Waals surface area contributed by atoms with E-state index in [1.165, 1.54) is 0 Å². The van der Waals surface area contributed by atoms with Crippen molar-refractivity contribution in [3.8, 4) is 0 Å². The highest BCUT2D eigenvalue weighted by molar-refractivity contribution is 5.68. The van der Waals surface area contributed by atoms with Crippen LogP contribution in [0.3, 0.4) is 0 Å². The monoisotopic (exact) mass is 570 g/mol. The molecule has 2 aliphatic heterocycles. The lowest BCUT2D eigenvalue weighted by molar-refractivity contribution is -0.365. The minimum absolute atomic E-state index is 0.654. The average Bonchev–Trinajstić information content (AvgIpc) is 2.84. The molecule has 0 spiro atoms.